The fourth-order valence-corrected chi connectivity index (χ4v) is 3.46. The van der Waals surface area contributed by atoms with Gasteiger partial charge in [0.2, 0.25) is 11.9 Å². The molecule has 1 amide bonds. The molecule has 0 spiro atoms. The number of nitrogens with one attached hydrogen (secondary N) is 2. The van der Waals surface area contributed by atoms with Crippen molar-refractivity contribution in [2.75, 3.05) is 43.5 Å². The van der Waals surface area contributed by atoms with Crippen molar-refractivity contribution in [1.82, 2.24) is 19.9 Å². The Morgan fingerprint density at radius 1 is 1.14 bits per heavy atom. The molecule has 0 unspecified atom stereocenters. The summed E-state index contributed by atoms with van der Waals surface area (Å²) in [5.74, 6) is 0.436. The number of thiazole rings is 1. The number of hydrogen-bond donors (Lipinski definition) is 2. The van der Waals surface area contributed by atoms with E-state index in [2.05, 4.69) is 30.5 Å². The number of hydrogen-bond acceptors (Lipinski definition) is 8. The molecule has 144 valence electrons. The number of rotatable bonds is 6. The molecule has 28 heavy (non-hydrogen) atoms. The number of aromatic nitrogens is 3. The van der Waals surface area contributed by atoms with Crippen molar-refractivity contribution in [3.63, 3.8) is 0 Å². The van der Waals surface area contributed by atoms with Crippen molar-refractivity contribution in [2.24, 2.45) is 0 Å². The number of anilines is 3. The first-order valence-electron chi connectivity index (χ1n) is 8.96. The molecule has 2 aromatic heterocycles. The monoisotopic (exact) mass is 396 g/mol. The number of morpholine rings is 1. The minimum absolute atomic E-state index is 0.0407. The third-order valence-electron chi connectivity index (χ3n) is 4.18. The summed E-state index contributed by atoms with van der Waals surface area (Å²) < 4.78 is 5.31. The maximum absolute atomic E-state index is 12.3. The largest absolute Gasteiger partial charge is 0.379 e. The van der Waals surface area contributed by atoms with Gasteiger partial charge in [0.1, 0.15) is 10.7 Å². The van der Waals surface area contributed by atoms with Crippen LogP contribution >= 0.6 is 11.3 Å². The molecule has 1 aliphatic rings. The van der Waals surface area contributed by atoms with Crippen LogP contribution in [0.25, 0.3) is 10.7 Å². The molecule has 1 saturated heterocycles. The van der Waals surface area contributed by atoms with Gasteiger partial charge in [-0.2, -0.15) is 0 Å². The summed E-state index contributed by atoms with van der Waals surface area (Å²) in [6, 6.07) is 9.31. The molecule has 3 heterocycles. The third kappa shape index (κ3) is 4.89. The van der Waals surface area contributed by atoms with Gasteiger partial charge in [-0.05, 0) is 24.3 Å². The second-order valence-corrected chi connectivity index (χ2v) is 7.14. The van der Waals surface area contributed by atoms with E-state index in [0.29, 0.717) is 25.7 Å². The van der Waals surface area contributed by atoms with Crippen LogP contribution in [-0.2, 0) is 9.53 Å². The minimum Gasteiger partial charge on any atom is -0.379 e. The molecule has 0 saturated carbocycles. The normalized spacial score (nSPS) is 14.6. The second-order valence-electron chi connectivity index (χ2n) is 6.25. The average Bonchev–Trinajstić information content (AvgIpc) is 3.24. The molecule has 0 aliphatic carbocycles. The molecule has 3 aromatic rings. The van der Waals surface area contributed by atoms with Gasteiger partial charge in [-0.1, -0.05) is 6.07 Å². The number of amides is 1. The first-order valence-corrected chi connectivity index (χ1v) is 9.84. The smallest absolute Gasteiger partial charge is 0.238 e. The summed E-state index contributed by atoms with van der Waals surface area (Å²) in [6.07, 6.45) is 3.44. The van der Waals surface area contributed by atoms with Crippen molar-refractivity contribution in [3.05, 3.63) is 48.1 Å². The van der Waals surface area contributed by atoms with E-state index in [0.717, 1.165) is 35.2 Å². The van der Waals surface area contributed by atoms with Gasteiger partial charge in [0.05, 0.1) is 19.8 Å². The van der Waals surface area contributed by atoms with Gasteiger partial charge in [0, 0.05) is 42.2 Å². The molecule has 0 radical (unpaired) electrons. The van der Waals surface area contributed by atoms with Gasteiger partial charge < -0.3 is 15.4 Å². The Morgan fingerprint density at radius 3 is 2.82 bits per heavy atom. The van der Waals surface area contributed by atoms with Crippen molar-refractivity contribution >= 4 is 34.6 Å². The Labute approximate surface area is 166 Å². The zero-order valence-electron chi connectivity index (χ0n) is 15.2. The SMILES string of the molecule is O=C(CN1CCOCC1)Nc1cccc(Nc2nccc(-c3nccs3)n2)c1. The highest BCUT2D eigenvalue weighted by atomic mass is 32.1. The van der Waals surface area contributed by atoms with Crippen LogP contribution in [0.3, 0.4) is 0 Å². The Kier molecular flexibility index (Phi) is 5.86. The fraction of sp³-hybridized carbons (Fsp3) is 0.263. The highest BCUT2D eigenvalue weighted by molar-refractivity contribution is 7.13. The number of nitrogens with zero attached hydrogens (tertiary/aromatic N) is 4. The average molecular weight is 396 g/mol. The Hall–Kier alpha value is -2.88. The van der Waals surface area contributed by atoms with E-state index in [-0.39, 0.29) is 5.91 Å². The second kappa shape index (κ2) is 8.87. The summed E-state index contributed by atoms with van der Waals surface area (Å²) in [6.45, 7) is 3.27. The van der Waals surface area contributed by atoms with E-state index in [1.54, 1.807) is 12.4 Å². The Morgan fingerprint density at radius 2 is 2.00 bits per heavy atom. The van der Waals surface area contributed by atoms with Crippen molar-refractivity contribution < 1.29 is 9.53 Å². The minimum atomic E-state index is -0.0407. The van der Waals surface area contributed by atoms with Gasteiger partial charge in [-0.25, -0.2) is 15.0 Å². The zero-order chi connectivity index (χ0) is 19.2. The van der Waals surface area contributed by atoms with Crippen LogP contribution in [0.15, 0.2) is 48.1 Å². The molecule has 0 atom stereocenters. The molecule has 9 heteroatoms. The molecule has 1 fully saturated rings. The van der Waals surface area contributed by atoms with Crippen LogP contribution in [0.1, 0.15) is 0 Å². The van der Waals surface area contributed by atoms with E-state index >= 15 is 0 Å². The lowest BCUT2D eigenvalue weighted by Gasteiger charge is -2.25. The van der Waals surface area contributed by atoms with E-state index < -0.39 is 0 Å². The summed E-state index contributed by atoms with van der Waals surface area (Å²) in [4.78, 5) is 27.4. The van der Waals surface area contributed by atoms with E-state index in [4.69, 9.17) is 4.74 Å². The van der Waals surface area contributed by atoms with Crippen LogP contribution in [0, 0.1) is 0 Å². The quantitative estimate of drug-likeness (QED) is 0.662. The number of ether oxygens (including phenoxy) is 1. The number of carbonyl (C=O) groups is 1. The molecule has 4 rings (SSSR count). The molecule has 1 aliphatic heterocycles. The molecule has 1 aromatic carbocycles. The predicted molar refractivity (Wildman–Crippen MR) is 109 cm³/mol. The van der Waals surface area contributed by atoms with Crippen LogP contribution in [0.5, 0.6) is 0 Å². The highest BCUT2D eigenvalue weighted by Gasteiger charge is 2.14. The van der Waals surface area contributed by atoms with Gasteiger partial charge in [-0.15, -0.1) is 11.3 Å². The molecular formula is C19H20N6O2S. The maximum atomic E-state index is 12.3. The topological polar surface area (TPSA) is 92.3 Å². The highest BCUT2D eigenvalue weighted by Crippen LogP contribution is 2.22. The first-order chi connectivity index (χ1) is 13.8. The van der Waals surface area contributed by atoms with Crippen LogP contribution in [0.4, 0.5) is 17.3 Å². The molecule has 8 nitrogen and oxygen atoms in total. The van der Waals surface area contributed by atoms with Gasteiger partial charge in [-0.3, -0.25) is 9.69 Å². The Balaban J connectivity index is 1.40. The maximum Gasteiger partial charge on any atom is 0.238 e. The predicted octanol–water partition coefficient (Wildman–Crippen LogP) is 2.61. The van der Waals surface area contributed by atoms with E-state index in [1.165, 1.54) is 11.3 Å². The summed E-state index contributed by atoms with van der Waals surface area (Å²) in [5.41, 5.74) is 2.28. The summed E-state index contributed by atoms with van der Waals surface area (Å²) in [5, 5.41) is 8.87. The van der Waals surface area contributed by atoms with Crippen molar-refractivity contribution in [1.29, 1.82) is 0 Å². The molecular weight excluding hydrogens is 376 g/mol. The Bertz CT molecular complexity index is 928. The van der Waals surface area contributed by atoms with Crippen LogP contribution in [-0.4, -0.2) is 58.6 Å². The lowest BCUT2D eigenvalue weighted by atomic mass is 10.2. The first kappa shape index (κ1) is 18.5. The van der Waals surface area contributed by atoms with Gasteiger partial charge in [0.25, 0.3) is 0 Å². The summed E-state index contributed by atoms with van der Waals surface area (Å²) in [7, 11) is 0. The number of carbonyl (C=O) groups excluding carboxylic acids is 1. The van der Waals surface area contributed by atoms with E-state index in [1.807, 2.05) is 35.7 Å². The molecule has 0 bridgehead atoms. The number of benzene rings is 1. The van der Waals surface area contributed by atoms with Crippen molar-refractivity contribution in [3.8, 4) is 10.7 Å². The molecule has 2 N–H and O–H groups in total. The zero-order valence-corrected chi connectivity index (χ0v) is 16.0. The standard InChI is InChI=1S/C19H20N6O2S/c26-17(13-25-7-9-27-10-8-25)22-14-2-1-3-15(12-14)23-19-21-5-4-16(24-19)18-20-6-11-28-18/h1-6,11-12H,7-10,13H2,(H,22,26)(H,21,23,24). The van der Waals surface area contributed by atoms with Gasteiger partial charge in [0.15, 0.2) is 0 Å². The summed E-state index contributed by atoms with van der Waals surface area (Å²) >= 11 is 1.53. The lowest BCUT2D eigenvalue weighted by molar-refractivity contribution is -0.118. The van der Waals surface area contributed by atoms with Crippen LogP contribution < -0.4 is 10.6 Å². The lowest BCUT2D eigenvalue weighted by Crippen LogP contribution is -2.41. The van der Waals surface area contributed by atoms with Crippen LogP contribution in [0.2, 0.25) is 0 Å². The van der Waals surface area contributed by atoms with Crippen molar-refractivity contribution in [2.45, 2.75) is 0 Å². The van der Waals surface area contributed by atoms with Gasteiger partial charge >= 0.3 is 0 Å². The van der Waals surface area contributed by atoms with E-state index in [9.17, 15) is 4.79 Å². The fourth-order valence-electron chi connectivity index (χ4n) is 2.85. The third-order valence-corrected chi connectivity index (χ3v) is 4.98.